The van der Waals surface area contributed by atoms with Crippen LogP contribution in [0.5, 0.6) is 0 Å². The molecule has 4 rings (SSSR count). The third-order valence-electron chi connectivity index (χ3n) is 6.18. The van der Waals surface area contributed by atoms with E-state index in [2.05, 4.69) is 24.9 Å². The average molecular weight is 521 g/mol. The molecule has 194 valence electrons. The van der Waals surface area contributed by atoms with Crippen LogP contribution in [0.2, 0.25) is 0 Å². The van der Waals surface area contributed by atoms with Crippen LogP contribution in [0.1, 0.15) is 24.1 Å². The Morgan fingerprint density at radius 3 is 2.22 bits per heavy atom. The van der Waals surface area contributed by atoms with E-state index < -0.39 is 10.0 Å². The Morgan fingerprint density at radius 2 is 1.59 bits per heavy atom. The van der Waals surface area contributed by atoms with Gasteiger partial charge in [0.25, 0.3) is 0 Å². The van der Waals surface area contributed by atoms with Crippen LogP contribution in [0.4, 0.5) is 22.9 Å². The number of hydrogen-bond donors (Lipinski definition) is 2. The van der Waals surface area contributed by atoms with Crippen molar-refractivity contribution in [1.82, 2.24) is 19.3 Å². The van der Waals surface area contributed by atoms with E-state index >= 15 is 0 Å². The largest absolute Gasteiger partial charge is 0.382 e. The second-order valence-electron chi connectivity index (χ2n) is 9.05. The van der Waals surface area contributed by atoms with Crippen molar-refractivity contribution in [1.29, 1.82) is 0 Å². The predicted molar refractivity (Wildman–Crippen MR) is 147 cm³/mol. The van der Waals surface area contributed by atoms with Gasteiger partial charge in [0.15, 0.2) is 5.82 Å². The molecular formula is C26H32N8O2S. The van der Waals surface area contributed by atoms with Crippen molar-refractivity contribution in [2.75, 3.05) is 31.3 Å². The number of aromatic nitrogens is 3. The first-order chi connectivity index (χ1) is 17.7. The van der Waals surface area contributed by atoms with Crippen molar-refractivity contribution in [2.45, 2.75) is 38.1 Å². The molecule has 0 fully saturated rings. The summed E-state index contributed by atoms with van der Waals surface area (Å²) in [5, 5.41) is 8.42. The van der Waals surface area contributed by atoms with Crippen LogP contribution in [0, 0.1) is 13.8 Å². The Bertz CT molecular complexity index is 1510. The minimum Gasteiger partial charge on any atom is -0.382 e. The van der Waals surface area contributed by atoms with Gasteiger partial charge in [0, 0.05) is 38.6 Å². The lowest BCUT2D eigenvalue weighted by Crippen LogP contribution is -2.24. The number of aryl methyl sites for hydroxylation is 3. The fourth-order valence-electron chi connectivity index (χ4n) is 3.94. The molecular weight excluding hydrogens is 488 g/mol. The van der Waals surface area contributed by atoms with E-state index in [1.54, 1.807) is 18.5 Å². The third-order valence-corrected chi connectivity index (χ3v) is 7.66. The fraction of sp³-hybridized carbons (Fsp3) is 0.308. The Kier molecular flexibility index (Phi) is 7.84. The Hall–Kier alpha value is -3.83. The van der Waals surface area contributed by atoms with Gasteiger partial charge in [-0.15, -0.1) is 0 Å². The number of unbranched alkanes of at least 4 members (excludes halogenated alkanes) is 1. The third kappa shape index (κ3) is 6.12. The summed E-state index contributed by atoms with van der Waals surface area (Å²) in [5.74, 6) is 0.427. The van der Waals surface area contributed by atoms with Crippen LogP contribution in [0.3, 0.4) is 0 Å². The van der Waals surface area contributed by atoms with Gasteiger partial charge in [0.2, 0.25) is 10.0 Å². The summed E-state index contributed by atoms with van der Waals surface area (Å²) in [7, 11) is 0.331. The smallest absolute Gasteiger partial charge is 0.240 e. The minimum absolute atomic E-state index is 0.191. The summed E-state index contributed by atoms with van der Waals surface area (Å²) in [6.07, 6.45) is 3.22. The van der Waals surface area contributed by atoms with E-state index in [1.807, 2.05) is 61.7 Å². The SMILES string of the molecule is Cc1nc(N)c2ncn(CCCCNS(=O)(=O)c3ccc(N=Nc4ccc(N(C)C)cc4)cc3)c2c1C. The fourth-order valence-corrected chi connectivity index (χ4v) is 5.02. The highest BCUT2D eigenvalue weighted by Gasteiger charge is 2.14. The van der Waals surface area contributed by atoms with E-state index in [-0.39, 0.29) is 4.90 Å². The number of azo groups is 1. The van der Waals surface area contributed by atoms with Gasteiger partial charge < -0.3 is 15.2 Å². The molecule has 0 saturated carbocycles. The van der Waals surface area contributed by atoms with E-state index in [1.165, 1.54) is 12.1 Å². The number of nitrogens with two attached hydrogens (primary N) is 1. The van der Waals surface area contributed by atoms with Gasteiger partial charge in [0.05, 0.1) is 28.1 Å². The number of rotatable bonds is 10. The molecule has 0 saturated heterocycles. The zero-order chi connectivity index (χ0) is 26.6. The maximum absolute atomic E-state index is 12.7. The molecule has 2 aromatic carbocycles. The first-order valence-corrected chi connectivity index (χ1v) is 13.5. The maximum atomic E-state index is 12.7. The molecule has 0 amide bonds. The molecule has 0 radical (unpaired) electrons. The molecule has 2 heterocycles. The van der Waals surface area contributed by atoms with Crippen molar-refractivity contribution < 1.29 is 8.42 Å². The Morgan fingerprint density at radius 1 is 0.973 bits per heavy atom. The van der Waals surface area contributed by atoms with Crippen molar-refractivity contribution in [3.8, 4) is 0 Å². The van der Waals surface area contributed by atoms with Gasteiger partial charge in [-0.3, -0.25) is 0 Å². The second-order valence-corrected chi connectivity index (χ2v) is 10.8. The summed E-state index contributed by atoms with van der Waals surface area (Å²) in [4.78, 5) is 10.9. The Balaban J connectivity index is 1.29. The van der Waals surface area contributed by atoms with Crippen molar-refractivity contribution in [2.24, 2.45) is 10.2 Å². The summed E-state index contributed by atoms with van der Waals surface area (Å²) in [6.45, 7) is 4.98. The predicted octanol–water partition coefficient (Wildman–Crippen LogP) is 4.87. The molecule has 11 heteroatoms. The summed E-state index contributed by atoms with van der Waals surface area (Å²) in [6, 6.07) is 14.0. The number of imidazole rings is 1. The number of nitrogens with zero attached hydrogens (tertiary/aromatic N) is 6. The van der Waals surface area contributed by atoms with Crippen LogP contribution in [-0.2, 0) is 16.6 Å². The number of anilines is 2. The molecule has 4 aromatic rings. The van der Waals surface area contributed by atoms with Gasteiger partial charge >= 0.3 is 0 Å². The standard InChI is InChI=1S/C26H32N8O2S/c1-18-19(2)30-26(27)24-25(18)34(17-28-24)16-6-5-15-29-37(35,36)23-13-9-21(10-14-23)32-31-20-7-11-22(12-8-20)33(3)4/h7-14,17,29H,5-6,15-16H2,1-4H3,(H2,27,30). The van der Waals surface area contributed by atoms with Crippen molar-refractivity contribution >= 4 is 43.9 Å². The lowest BCUT2D eigenvalue weighted by Gasteiger charge is -2.11. The molecule has 3 N–H and O–H groups in total. The number of fused-ring (bicyclic) bond motifs is 1. The molecule has 0 bridgehead atoms. The van der Waals surface area contributed by atoms with E-state index in [9.17, 15) is 8.42 Å². The number of nitrogens with one attached hydrogen (secondary N) is 1. The number of pyridine rings is 1. The lowest BCUT2D eigenvalue weighted by molar-refractivity contribution is 0.568. The maximum Gasteiger partial charge on any atom is 0.240 e. The lowest BCUT2D eigenvalue weighted by atomic mass is 10.2. The molecule has 2 aromatic heterocycles. The Labute approximate surface area is 217 Å². The van der Waals surface area contributed by atoms with Gasteiger partial charge in [-0.1, -0.05) is 0 Å². The second kappa shape index (κ2) is 11.1. The summed E-state index contributed by atoms with van der Waals surface area (Å²) >= 11 is 0. The number of hydrogen-bond acceptors (Lipinski definition) is 8. The molecule has 10 nitrogen and oxygen atoms in total. The van der Waals surface area contributed by atoms with Crippen molar-refractivity contribution in [3.05, 3.63) is 66.1 Å². The summed E-state index contributed by atoms with van der Waals surface area (Å²) < 4.78 is 30.1. The normalized spacial score (nSPS) is 12.0. The van der Waals surface area contributed by atoms with E-state index in [4.69, 9.17) is 5.73 Å². The topological polar surface area (TPSA) is 131 Å². The van der Waals surface area contributed by atoms with Gasteiger partial charge in [-0.05, 0) is 80.8 Å². The zero-order valence-corrected chi connectivity index (χ0v) is 22.3. The first kappa shape index (κ1) is 26.2. The number of benzene rings is 2. The van der Waals surface area contributed by atoms with Gasteiger partial charge in [-0.2, -0.15) is 10.2 Å². The highest BCUT2D eigenvalue weighted by Crippen LogP contribution is 2.25. The van der Waals surface area contributed by atoms with Crippen LogP contribution in [0.15, 0.2) is 70.0 Å². The van der Waals surface area contributed by atoms with Crippen LogP contribution in [0.25, 0.3) is 11.0 Å². The molecule has 0 aliphatic rings. The molecule has 0 unspecified atom stereocenters. The quantitative estimate of drug-likeness (QED) is 0.227. The van der Waals surface area contributed by atoms with E-state index in [0.717, 1.165) is 34.6 Å². The molecule has 37 heavy (non-hydrogen) atoms. The molecule has 0 aliphatic heterocycles. The summed E-state index contributed by atoms with van der Waals surface area (Å²) in [5.41, 5.74) is 12.0. The van der Waals surface area contributed by atoms with Crippen molar-refractivity contribution in [3.63, 3.8) is 0 Å². The van der Waals surface area contributed by atoms with E-state index in [0.29, 0.717) is 36.5 Å². The van der Waals surface area contributed by atoms with Crippen LogP contribution >= 0.6 is 0 Å². The monoisotopic (exact) mass is 520 g/mol. The number of sulfonamides is 1. The zero-order valence-electron chi connectivity index (χ0n) is 21.5. The molecule has 0 aliphatic carbocycles. The van der Waals surface area contributed by atoms with Crippen LogP contribution < -0.4 is 15.4 Å². The first-order valence-electron chi connectivity index (χ1n) is 12.0. The highest BCUT2D eigenvalue weighted by molar-refractivity contribution is 7.89. The van der Waals surface area contributed by atoms with Gasteiger partial charge in [0.1, 0.15) is 5.52 Å². The molecule has 0 spiro atoms. The molecule has 0 atom stereocenters. The minimum atomic E-state index is -3.61. The highest BCUT2D eigenvalue weighted by atomic mass is 32.2. The number of nitrogen functional groups attached to an aromatic ring is 1. The van der Waals surface area contributed by atoms with Gasteiger partial charge in [-0.25, -0.2) is 23.1 Å². The van der Waals surface area contributed by atoms with Crippen LogP contribution in [-0.4, -0.2) is 43.6 Å². The average Bonchev–Trinajstić information content (AvgIpc) is 3.31.